The predicted molar refractivity (Wildman–Crippen MR) is 93.8 cm³/mol. The molecule has 0 saturated heterocycles. The molecule has 1 amide bonds. The van der Waals surface area contributed by atoms with Crippen molar-refractivity contribution in [2.24, 2.45) is 0 Å². The molecule has 0 radical (unpaired) electrons. The van der Waals surface area contributed by atoms with Gasteiger partial charge in [0.15, 0.2) is 6.54 Å². The first-order valence-electron chi connectivity index (χ1n) is 8.17. The lowest BCUT2D eigenvalue weighted by molar-refractivity contribution is -0.917. The molecule has 0 aliphatic heterocycles. The third-order valence-electron chi connectivity index (χ3n) is 4.32. The Bertz CT molecular complexity index is 746. The highest BCUT2D eigenvalue weighted by Gasteiger charge is 2.35. The highest BCUT2D eigenvalue weighted by Crippen LogP contribution is 2.22. The molecule has 1 aliphatic rings. The molecule has 2 N–H and O–H groups in total. The van der Waals surface area contributed by atoms with E-state index in [1.54, 1.807) is 12.1 Å². The normalized spacial score (nSPS) is 15.1. The first kappa shape index (κ1) is 16.9. The third kappa shape index (κ3) is 4.34. The molecule has 0 bridgehead atoms. The molecule has 24 heavy (non-hydrogen) atoms. The second-order valence-electron chi connectivity index (χ2n) is 6.41. The van der Waals surface area contributed by atoms with E-state index in [1.165, 1.54) is 6.07 Å². The van der Waals surface area contributed by atoms with Crippen LogP contribution in [-0.2, 0) is 11.3 Å². The molecule has 0 spiro atoms. The van der Waals surface area contributed by atoms with Crippen LogP contribution in [0.3, 0.4) is 0 Å². The van der Waals surface area contributed by atoms with Gasteiger partial charge in [-0.3, -0.25) is 4.79 Å². The standard InChI is InChI=1S/C19H20ClFN2O/c1-13-6-9-18(16(20)10-13)22-19(24)12-23(15-7-8-15)11-14-4-2-3-5-17(14)21/h2-6,9-10,15H,7-8,11-12H2,1H3,(H,22,24)/p+1. The van der Waals surface area contributed by atoms with Crippen LogP contribution < -0.4 is 10.2 Å². The zero-order valence-corrected chi connectivity index (χ0v) is 14.4. The fraction of sp³-hybridized carbons (Fsp3) is 0.316. The number of amides is 1. The topological polar surface area (TPSA) is 33.5 Å². The van der Waals surface area contributed by atoms with Crippen LogP contribution in [0.25, 0.3) is 0 Å². The van der Waals surface area contributed by atoms with E-state index < -0.39 is 0 Å². The highest BCUT2D eigenvalue weighted by atomic mass is 35.5. The van der Waals surface area contributed by atoms with Crippen molar-refractivity contribution in [1.29, 1.82) is 0 Å². The molecule has 2 aromatic carbocycles. The van der Waals surface area contributed by atoms with E-state index in [4.69, 9.17) is 11.6 Å². The van der Waals surface area contributed by atoms with Crippen molar-refractivity contribution in [2.45, 2.75) is 32.4 Å². The van der Waals surface area contributed by atoms with Crippen LogP contribution in [0.15, 0.2) is 42.5 Å². The van der Waals surface area contributed by atoms with Gasteiger partial charge in [0, 0.05) is 18.4 Å². The average Bonchev–Trinajstić information content (AvgIpc) is 3.36. The molecule has 2 aromatic rings. The summed E-state index contributed by atoms with van der Waals surface area (Å²) in [6.07, 6.45) is 2.17. The smallest absolute Gasteiger partial charge is 0.279 e. The Balaban J connectivity index is 1.65. The van der Waals surface area contributed by atoms with Gasteiger partial charge in [0.1, 0.15) is 12.4 Å². The fourth-order valence-electron chi connectivity index (χ4n) is 2.85. The summed E-state index contributed by atoms with van der Waals surface area (Å²) >= 11 is 6.16. The second kappa shape index (κ2) is 7.32. The molecule has 0 aromatic heterocycles. The number of anilines is 1. The van der Waals surface area contributed by atoms with E-state index in [-0.39, 0.29) is 11.7 Å². The maximum atomic E-state index is 13.9. The Morgan fingerprint density at radius 3 is 2.71 bits per heavy atom. The van der Waals surface area contributed by atoms with Crippen LogP contribution in [0, 0.1) is 12.7 Å². The Morgan fingerprint density at radius 1 is 1.29 bits per heavy atom. The minimum Gasteiger partial charge on any atom is -0.321 e. The van der Waals surface area contributed by atoms with Crippen molar-refractivity contribution in [3.8, 4) is 0 Å². The first-order valence-corrected chi connectivity index (χ1v) is 8.54. The number of benzene rings is 2. The quantitative estimate of drug-likeness (QED) is 0.827. The number of aryl methyl sites for hydroxylation is 1. The Hall–Kier alpha value is -1.91. The highest BCUT2D eigenvalue weighted by molar-refractivity contribution is 6.33. The second-order valence-corrected chi connectivity index (χ2v) is 6.82. The van der Waals surface area contributed by atoms with E-state index in [2.05, 4.69) is 5.32 Å². The Kier molecular flexibility index (Phi) is 5.17. The molecule has 1 saturated carbocycles. The maximum absolute atomic E-state index is 13.9. The summed E-state index contributed by atoms with van der Waals surface area (Å²) in [7, 11) is 0. The largest absolute Gasteiger partial charge is 0.321 e. The van der Waals surface area contributed by atoms with Gasteiger partial charge in [-0.2, -0.15) is 0 Å². The van der Waals surface area contributed by atoms with Gasteiger partial charge in [0.25, 0.3) is 5.91 Å². The van der Waals surface area contributed by atoms with Crippen LogP contribution in [0.1, 0.15) is 24.0 Å². The summed E-state index contributed by atoms with van der Waals surface area (Å²) in [6.45, 7) is 2.78. The number of hydrogen-bond donors (Lipinski definition) is 2. The predicted octanol–water partition coefficient (Wildman–Crippen LogP) is 2.97. The molecule has 1 atom stereocenters. The summed E-state index contributed by atoms with van der Waals surface area (Å²) in [4.78, 5) is 13.5. The number of halogens is 2. The molecule has 1 aliphatic carbocycles. The molecule has 126 valence electrons. The van der Waals surface area contributed by atoms with Gasteiger partial charge in [-0.05, 0) is 30.7 Å². The van der Waals surface area contributed by atoms with Gasteiger partial charge in [0.05, 0.1) is 16.8 Å². The molecule has 5 heteroatoms. The SMILES string of the molecule is Cc1ccc(NC(=O)C[NH+](Cc2ccccc2F)C2CC2)c(Cl)c1. The van der Waals surface area contributed by atoms with E-state index in [1.807, 2.05) is 31.2 Å². The number of quaternary nitrogens is 1. The van der Waals surface area contributed by atoms with E-state index >= 15 is 0 Å². The van der Waals surface area contributed by atoms with Crippen molar-refractivity contribution < 1.29 is 14.1 Å². The molecule has 1 unspecified atom stereocenters. The zero-order chi connectivity index (χ0) is 17.1. The van der Waals surface area contributed by atoms with Crippen molar-refractivity contribution in [3.63, 3.8) is 0 Å². The summed E-state index contributed by atoms with van der Waals surface area (Å²) in [5, 5.41) is 3.40. The van der Waals surface area contributed by atoms with Crippen LogP contribution in [-0.4, -0.2) is 18.5 Å². The summed E-state index contributed by atoms with van der Waals surface area (Å²) in [5.41, 5.74) is 2.32. The molecule has 3 rings (SSSR count). The van der Waals surface area contributed by atoms with Gasteiger partial charge in [-0.25, -0.2) is 4.39 Å². The van der Waals surface area contributed by atoms with Crippen molar-refractivity contribution in [1.82, 2.24) is 0 Å². The maximum Gasteiger partial charge on any atom is 0.279 e. The number of rotatable bonds is 6. The molecule has 0 heterocycles. The molecule has 1 fully saturated rings. The number of carbonyl (C=O) groups is 1. The van der Waals surface area contributed by atoms with Crippen LogP contribution in [0.2, 0.25) is 5.02 Å². The summed E-state index contributed by atoms with van der Waals surface area (Å²) in [6, 6.07) is 12.7. The molecule has 3 nitrogen and oxygen atoms in total. The lowest BCUT2D eigenvalue weighted by Gasteiger charge is -2.19. The van der Waals surface area contributed by atoms with Gasteiger partial charge in [0.2, 0.25) is 0 Å². The molecular formula is C19H21ClFN2O+. The number of hydrogen-bond acceptors (Lipinski definition) is 1. The van der Waals surface area contributed by atoms with Gasteiger partial charge in [-0.1, -0.05) is 35.9 Å². The summed E-state index contributed by atoms with van der Waals surface area (Å²) < 4.78 is 13.9. The van der Waals surface area contributed by atoms with Crippen LogP contribution >= 0.6 is 11.6 Å². The fourth-order valence-corrected chi connectivity index (χ4v) is 3.13. The van der Waals surface area contributed by atoms with Crippen molar-refractivity contribution >= 4 is 23.2 Å². The van der Waals surface area contributed by atoms with E-state index in [0.29, 0.717) is 35.4 Å². The van der Waals surface area contributed by atoms with Crippen LogP contribution in [0.4, 0.5) is 10.1 Å². The van der Waals surface area contributed by atoms with Crippen LogP contribution in [0.5, 0.6) is 0 Å². The lowest BCUT2D eigenvalue weighted by Crippen LogP contribution is -3.13. The lowest BCUT2D eigenvalue weighted by atomic mass is 10.2. The minimum atomic E-state index is -0.211. The number of nitrogens with one attached hydrogen (secondary N) is 2. The number of carbonyl (C=O) groups excluding carboxylic acids is 1. The van der Waals surface area contributed by atoms with Gasteiger partial charge >= 0.3 is 0 Å². The Morgan fingerprint density at radius 2 is 2.04 bits per heavy atom. The third-order valence-corrected chi connectivity index (χ3v) is 4.63. The van der Waals surface area contributed by atoms with E-state index in [0.717, 1.165) is 23.3 Å². The van der Waals surface area contributed by atoms with Gasteiger partial charge < -0.3 is 10.2 Å². The molecular weight excluding hydrogens is 327 g/mol. The summed E-state index contributed by atoms with van der Waals surface area (Å²) in [5.74, 6) is -0.309. The Labute approximate surface area is 146 Å². The average molecular weight is 348 g/mol. The monoisotopic (exact) mass is 347 g/mol. The zero-order valence-electron chi connectivity index (χ0n) is 13.6. The van der Waals surface area contributed by atoms with Gasteiger partial charge in [-0.15, -0.1) is 0 Å². The first-order chi connectivity index (χ1) is 11.5. The van der Waals surface area contributed by atoms with Crippen molar-refractivity contribution in [3.05, 3.63) is 64.4 Å². The van der Waals surface area contributed by atoms with Crippen molar-refractivity contribution in [2.75, 3.05) is 11.9 Å². The van der Waals surface area contributed by atoms with E-state index in [9.17, 15) is 9.18 Å². The minimum absolute atomic E-state index is 0.0982.